The Morgan fingerprint density at radius 1 is 1.05 bits per heavy atom. The van der Waals surface area contributed by atoms with Gasteiger partial charge in [-0.25, -0.2) is 18.2 Å². The number of piperidine rings is 1. The third-order valence-corrected chi connectivity index (χ3v) is 10.2. The van der Waals surface area contributed by atoms with Crippen LogP contribution in [-0.4, -0.2) is 92.8 Å². The van der Waals surface area contributed by atoms with Crippen molar-refractivity contribution in [3.05, 3.63) is 59.8 Å². The second-order valence-electron chi connectivity index (χ2n) is 9.34. The number of carbonyl (C=O) groups is 1. The molecule has 40 heavy (non-hydrogen) atoms. The van der Waals surface area contributed by atoms with E-state index >= 15 is 0 Å². The molecule has 2 aliphatic rings. The third-order valence-electron chi connectivity index (χ3n) is 6.45. The lowest BCUT2D eigenvalue weighted by Gasteiger charge is -2.40. The highest BCUT2D eigenvalue weighted by Gasteiger charge is 2.40. The SMILES string of the molecule is NCc1ccnc(S(=O)(=O)C[C@H]2C[C@@H](c3ccccc3)CN(S(=O)(=O)N3CCOCC3)C2)c1.O=C(O)C(F)(F)F. The molecule has 3 heterocycles. The number of benzene rings is 1. The Morgan fingerprint density at radius 3 is 2.25 bits per heavy atom. The highest BCUT2D eigenvalue weighted by molar-refractivity contribution is 7.91. The number of halogens is 3. The zero-order valence-electron chi connectivity index (χ0n) is 21.4. The monoisotopic (exact) mass is 608 g/mol. The molecule has 1 aromatic carbocycles. The van der Waals surface area contributed by atoms with Crippen molar-refractivity contribution in [2.75, 3.05) is 45.1 Å². The van der Waals surface area contributed by atoms with Crippen LogP contribution in [-0.2, 0) is 36.1 Å². The fraction of sp³-hybridized carbons (Fsp3) is 0.500. The van der Waals surface area contributed by atoms with Crippen LogP contribution in [0.15, 0.2) is 53.7 Å². The first kappa shape index (κ1) is 31.9. The van der Waals surface area contributed by atoms with Gasteiger partial charge in [0.25, 0.3) is 10.2 Å². The molecule has 222 valence electrons. The molecule has 0 unspecified atom stereocenters. The molecule has 0 saturated carbocycles. The number of nitrogens with two attached hydrogens (primary N) is 1. The lowest BCUT2D eigenvalue weighted by molar-refractivity contribution is -0.192. The molecule has 11 nitrogen and oxygen atoms in total. The Bertz CT molecular complexity index is 1350. The van der Waals surface area contributed by atoms with Gasteiger partial charge in [0.05, 0.1) is 19.0 Å². The van der Waals surface area contributed by atoms with Crippen molar-refractivity contribution in [2.24, 2.45) is 11.7 Å². The molecule has 0 amide bonds. The third kappa shape index (κ3) is 8.44. The standard InChI is InChI=1S/C22H30N4O5S2.C2HF3O2/c23-14-18-6-7-24-22(13-18)32(27,28)17-19-12-21(20-4-2-1-3-5-20)16-26(15-19)33(29,30)25-8-10-31-11-9-25;3-2(4,5)1(6)7/h1-7,13,19,21H,8-12,14-17,23H2;(H,6,7)/t19-,21+;/m0./s1. The van der Waals surface area contributed by atoms with E-state index in [9.17, 15) is 30.0 Å². The number of aromatic nitrogens is 1. The van der Waals surface area contributed by atoms with Gasteiger partial charge in [-0.15, -0.1) is 0 Å². The van der Waals surface area contributed by atoms with Crippen LogP contribution in [0.2, 0.25) is 0 Å². The number of nitrogens with zero attached hydrogens (tertiary/aromatic N) is 3. The van der Waals surface area contributed by atoms with Gasteiger partial charge in [-0.3, -0.25) is 0 Å². The van der Waals surface area contributed by atoms with Gasteiger partial charge in [0.2, 0.25) is 0 Å². The normalized spacial score (nSPS) is 21.3. The predicted octanol–water partition coefficient (Wildman–Crippen LogP) is 1.63. The molecular weight excluding hydrogens is 577 g/mol. The summed E-state index contributed by atoms with van der Waals surface area (Å²) in [5, 5.41) is 7.11. The van der Waals surface area contributed by atoms with Crippen molar-refractivity contribution >= 4 is 26.0 Å². The van der Waals surface area contributed by atoms with Crippen LogP contribution in [0.5, 0.6) is 0 Å². The van der Waals surface area contributed by atoms with Crippen LogP contribution in [0.3, 0.4) is 0 Å². The zero-order valence-corrected chi connectivity index (χ0v) is 23.0. The van der Waals surface area contributed by atoms with Crippen LogP contribution in [0, 0.1) is 5.92 Å². The van der Waals surface area contributed by atoms with Crippen molar-refractivity contribution in [3.8, 4) is 0 Å². The van der Waals surface area contributed by atoms with Gasteiger partial charge >= 0.3 is 12.1 Å². The van der Waals surface area contributed by atoms with Crippen molar-refractivity contribution in [2.45, 2.75) is 30.1 Å². The number of aliphatic carboxylic acids is 1. The van der Waals surface area contributed by atoms with E-state index in [4.69, 9.17) is 20.4 Å². The number of morpholine rings is 1. The summed E-state index contributed by atoms with van der Waals surface area (Å²) in [6, 6.07) is 12.8. The Hall–Kier alpha value is -2.63. The van der Waals surface area contributed by atoms with E-state index in [-0.39, 0.29) is 35.7 Å². The number of hydrogen-bond donors (Lipinski definition) is 2. The summed E-state index contributed by atoms with van der Waals surface area (Å²) in [6.07, 6.45) is -3.06. The summed E-state index contributed by atoms with van der Waals surface area (Å²) >= 11 is 0. The topological polar surface area (TPSA) is 160 Å². The number of carboxylic acid groups (broad SMARTS) is 1. The second kappa shape index (κ2) is 13.4. The lowest BCUT2D eigenvalue weighted by atomic mass is 9.86. The average Bonchev–Trinajstić information content (AvgIpc) is 2.93. The molecule has 3 N–H and O–H groups in total. The summed E-state index contributed by atoms with van der Waals surface area (Å²) in [6.45, 7) is 2.00. The molecular formula is C24H31F3N4O7S2. The summed E-state index contributed by atoms with van der Waals surface area (Å²) in [5.74, 6) is -3.40. The van der Waals surface area contributed by atoms with Crippen LogP contribution < -0.4 is 5.73 Å². The molecule has 2 atom stereocenters. The van der Waals surface area contributed by atoms with Gasteiger partial charge < -0.3 is 15.6 Å². The zero-order chi connectivity index (χ0) is 29.6. The highest BCUT2D eigenvalue weighted by atomic mass is 32.2. The van der Waals surface area contributed by atoms with Gasteiger partial charge in [-0.05, 0) is 41.5 Å². The van der Waals surface area contributed by atoms with Crippen molar-refractivity contribution in [1.29, 1.82) is 0 Å². The Kier molecular flexibility index (Phi) is 10.6. The molecule has 2 aliphatic heterocycles. The molecule has 16 heteroatoms. The number of sulfone groups is 1. The minimum Gasteiger partial charge on any atom is -0.475 e. The van der Waals surface area contributed by atoms with E-state index in [2.05, 4.69) is 4.98 Å². The number of hydrogen-bond acceptors (Lipinski definition) is 8. The first-order valence-corrected chi connectivity index (χ1v) is 15.3. The Morgan fingerprint density at radius 2 is 1.68 bits per heavy atom. The molecule has 0 bridgehead atoms. The predicted molar refractivity (Wildman–Crippen MR) is 138 cm³/mol. The average molecular weight is 609 g/mol. The summed E-state index contributed by atoms with van der Waals surface area (Å²) in [5.41, 5.74) is 7.35. The fourth-order valence-corrected chi connectivity index (χ4v) is 7.81. The van der Waals surface area contributed by atoms with E-state index in [1.807, 2.05) is 30.3 Å². The minimum absolute atomic E-state index is 0.0186. The molecule has 0 spiro atoms. The number of carboxylic acids is 1. The van der Waals surface area contributed by atoms with Gasteiger partial charge in [0.1, 0.15) is 0 Å². The first-order chi connectivity index (χ1) is 18.7. The van der Waals surface area contributed by atoms with Gasteiger partial charge in [0.15, 0.2) is 14.9 Å². The maximum Gasteiger partial charge on any atom is 0.490 e. The fourth-order valence-electron chi connectivity index (χ4n) is 4.52. The Balaban J connectivity index is 0.000000559. The van der Waals surface area contributed by atoms with Crippen LogP contribution in [0.4, 0.5) is 13.2 Å². The molecule has 0 aliphatic carbocycles. The summed E-state index contributed by atoms with van der Waals surface area (Å²) in [4.78, 5) is 12.9. The van der Waals surface area contributed by atoms with Crippen molar-refractivity contribution in [3.63, 3.8) is 0 Å². The molecule has 1 aromatic heterocycles. The number of pyridine rings is 1. The van der Waals surface area contributed by atoms with E-state index in [0.717, 1.165) is 5.56 Å². The van der Waals surface area contributed by atoms with Crippen molar-refractivity contribution in [1.82, 2.24) is 13.6 Å². The number of rotatable bonds is 7. The van der Waals surface area contributed by atoms with E-state index in [0.29, 0.717) is 44.8 Å². The molecule has 4 rings (SSSR count). The quantitative estimate of drug-likeness (QED) is 0.476. The second-order valence-corrected chi connectivity index (χ2v) is 13.2. The first-order valence-electron chi connectivity index (χ1n) is 12.3. The maximum atomic E-state index is 13.4. The van der Waals surface area contributed by atoms with Crippen LogP contribution in [0.1, 0.15) is 23.5 Å². The lowest BCUT2D eigenvalue weighted by Crippen LogP contribution is -2.53. The van der Waals surface area contributed by atoms with E-state index < -0.39 is 32.2 Å². The summed E-state index contributed by atoms with van der Waals surface area (Å²) < 4.78 is 93.1. The van der Waals surface area contributed by atoms with Crippen LogP contribution >= 0.6 is 0 Å². The highest BCUT2D eigenvalue weighted by Crippen LogP contribution is 2.34. The number of ether oxygens (including phenoxy) is 1. The summed E-state index contributed by atoms with van der Waals surface area (Å²) in [7, 11) is -7.44. The van der Waals surface area contributed by atoms with Gasteiger partial charge in [-0.2, -0.15) is 30.2 Å². The minimum atomic E-state index is -5.08. The maximum absolute atomic E-state index is 13.4. The van der Waals surface area contributed by atoms with Crippen LogP contribution in [0.25, 0.3) is 0 Å². The Labute approximate surface area is 230 Å². The molecule has 2 aromatic rings. The van der Waals surface area contributed by atoms with Gasteiger partial charge in [-0.1, -0.05) is 30.3 Å². The molecule has 2 fully saturated rings. The number of alkyl halides is 3. The van der Waals surface area contributed by atoms with Crippen molar-refractivity contribution < 1.29 is 44.6 Å². The van der Waals surface area contributed by atoms with E-state index in [1.165, 1.54) is 20.9 Å². The molecule has 2 saturated heterocycles. The van der Waals surface area contributed by atoms with Gasteiger partial charge in [0, 0.05) is 38.9 Å². The van der Waals surface area contributed by atoms with E-state index in [1.54, 1.807) is 6.07 Å². The largest absolute Gasteiger partial charge is 0.490 e. The molecule has 0 radical (unpaired) electrons. The smallest absolute Gasteiger partial charge is 0.475 e.